The number of benzene rings is 1. The Morgan fingerprint density at radius 3 is 2.44 bits per heavy atom. The van der Waals surface area contributed by atoms with Crippen LogP contribution in [0.4, 0.5) is 5.69 Å². The number of anilines is 1. The normalized spacial score (nSPS) is 11.2. The average Bonchev–Trinajstić information content (AvgIpc) is 2.17. The van der Waals surface area contributed by atoms with Crippen molar-refractivity contribution < 1.29 is 0 Å². The topological polar surface area (TPSA) is 76.4 Å². The summed E-state index contributed by atoms with van der Waals surface area (Å²) < 4.78 is 0. The molecule has 4 nitrogen and oxygen atoms in total. The van der Waals surface area contributed by atoms with Crippen LogP contribution in [0, 0.1) is 0 Å². The summed E-state index contributed by atoms with van der Waals surface area (Å²) in [7, 11) is 0. The van der Waals surface area contributed by atoms with Crippen LogP contribution in [0.3, 0.4) is 0 Å². The van der Waals surface area contributed by atoms with Gasteiger partial charge in [-0.1, -0.05) is 12.1 Å². The number of halogens is 2. The van der Waals surface area contributed by atoms with Gasteiger partial charge in [0, 0.05) is 17.8 Å². The number of hydrogen-bond donors (Lipinski definition) is 3. The molecule has 0 atom stereocenters. The van der Waals surface area contributed by atoms with Gasteiger partial charge in [0.2, 0.25) is 0 Å². The number of rotatable bonds is 3. The lowest BCUT2D eigenvalue weighted by Gasteiger charge is -2.20. The molecule has 1 aromatic carbocycles. The molecular weight excluding hydrogens is 271 g/mol. The Labute approximate surface area is 121 Å². The maximum absolute atomic E-state index is 6.03. The van der Waals surface area contributed by atoms with Gasteiger partial charge in [-0.3, -0.25) is 4.99 Å². The summed E-state index contributed by atoms with van der Waals surface area (Å²) in [6, 6.07) is 7.87. The van der Waals surface area contributed by atoms with Gasteiger partial charge in [0.15, 0.2) is 5.96 Å². The van der Waals surface area contributed by atoms with Gasteiger partial charge in [-0.05, 0) is 38.5 Å². The van der Waals surface area contributed by atoms with E-state index in [9.17, 15) is 0 Å². The summed E-state index contributed by atoms with van der Waals surface area (Å²) in [5.74, 6) is 0.425. The van der Waals surface area contributed by atoms with Crippen molar-refractivity contribution in [3.8, 4) is 0 Å². The van der Waals surface area contributed by atoms with E-state index < -0.39 is 0 Å². The van der Waals surface area contributed by atoms with Crippen LogP contribution in [0.25, 0.3) is 0 Å². The minimum Gasteiger partial charge on any atom is -0.370 e. The van der Waals surface area contributed by atoms with Crippen molar-refractivity contribution >= 4 is 36.5 Å². The van der Waals surface area contributed by atoms with E-state index in [4.69, 9.17) is 11.5 Å². The Morgan fingerprint density at radius 2 is 1.94 bits per heavy atom. The highest BCUT2D eigenvalue weighted by atomic mass is 35.5. The average molecular weight is 293 g/mol. The second-order valence-electron chi connectivity index (χ2n) is 4.29. The fourth-order valence-electron chi connectivity index (χ4n) is 1.36. The molecule has 18 heavy (non-hydrogen) atoms. The molecule has 0 saturated carbocycles. The number of nitrogens with two attached hydrogens (primary N) is 2. The molecule has 0 bridgehead atoms. The largest absolute Gasteiger partial charge is 0.370 e. The van der Waals surface area contributed by atoms with Crippen molar-refractivity contribution in [1.29, 1.82) is 0 Å². The third-order valence-corrected chi connectivity index (χ3v) is 2.21. The lowest BCUT2D eigenvalue weighted by molar-refractivity contribution is 0.555. The van der Waals surface area contributed by atoms with E-state index in [0.29, 0.717) is 12.5 Å². The minimum atomic E-state index is -0.353. The molecule has 6 heteroatoms. The SMILES string of the molecule is CCN=C(N)Nc1cccc(C(C)(C)N)c1.Cl.Cl. The van der Waals surface area contributed by atoms with Crippen molar-refractivity contribution in [3.63, 3.8) is 0 Å². The molecule has 0 aliphatic carbocycles. The van der Waals surface area contributed by atoms with Gasteiger partial charge in [-0.25, -0.2) is 0 Å². The van der Waals surface area contributed by atoms with Crippen LogP contribution in [0.2, 0.25) is 0 Å². The summed E-state index contributed by atoms with van der Waals surface area (Å²) in [5.41, 5.74) is 13.3. The second kappa shape index (κ2) is 8.19. The van der Waals surface area contributed by atoms with E-state index in [0.717, 1.165) is 11.3 Å². The molecule has 0 heterocycles. The second-order valence-corrected chi connectivity index (χ2v) is 4.29. The van der Waals surface area contributed by atoms with Crippen molar-refractivity contribution in [1.82, 2.24) is 0 Å². The number of hydrogen-bond acceptors (Lipinski definition) is 2. The number of aliphatic imine (C=N–C) groups is 1. The van der Waals surface area contributed by atoms with Gasteiger partial charge >= 0.3 is 0 Å². The van der Waals surface area contributed by atoms with Crippen LogP contribution < -0.4 is 16.8 Å². The Kier molecular flexibility index (Phi) is 8.81. The molecule has 0 unspecified atom stereocenters. The first-order valence-corrected chi connectivity index (χ1v) is 5.40. The van der Waals surface area contributed by atoms with Crippen molar-refractivity contribution in [2.24, 2.45) is 16.5 Å². The Hall–Kier alpha value is -0.970. The van der Waals surface area contributed by atoms with Crippen LogP contribution in [0.1, 0.15) is 26.3 Å². The van der Waals surface area contributed by atoms with Gasteiger partial charge in [0.25, 0.3) is 0 Å². The van der Waals surface area contributed by atoms with Crippen molar-refractivity contribution in [3.05, 3.63) is 29.8 Å². The van der Waals surface area contributed by atoms with Crippen molar-refractivity contribution in [2.45, 2.75) is 26.3 Å². The highest BCUT2D eigenvalue weighted by Gasteiger charge is 2.13. The first-order valence-electron chi connectivity index (χ1n) is 5.40. The molecule has 0 aromatic heterocycles. The fraction of sp³-hybridized carbons (Fsp3) is 0.417. The van der Waals surface area contributed by atoms with E-state index in [1.165, 1.54) is 0 Å². The standard InChI is InChI=1S/C12H20N4.2ClH/c1-4-15-11(13)16-10-7-5-6-9(8-10)12(2,3)14;;/h5-8H,4,14H2,1-3H3,(H3,13,15,16);2*1H. The summed E-state index contributed by atoms with van der Waals surface area (Å²) in [6.07, 6.45) is 0. The number of nitrogens with zero attached hydrogens (tertiary/aromatic N) is 1. The number of nitrogens with one attached hydrogen (secondary N) is 1. The third-order valence-electron chi connectivity index (χ3n) is 2.21. The number of guanidine groups is 1. The quantitative estimate of drug-likeness (QED) is 0.592. The molecule has 0 radical (unpaired) electrons. The summed E-state index contributed by atoms with van der Waals surface area (Å²) in [5, 5.41) is 3.03. The monoisotopic (exact) mass is 292 g/mol. The molecule has 0 fully saturated rings. The van der Waals surface area contributed by atoms with Gasteiger partial charge < -0.3 is 16.8 Å². The molecule has 0 aliphatic rings. The van der Waals surface area contributed by atoms with Crippen LogP contribution in [-0.2, 0) is 5.54 Å². The Balaban J connectivity index is 0. The van der Waals surface area contributed by atoms with Crippen LogP contribution >= 0.6 is 24.8 Å². The van der Waals surface area contributed by atoms with Crippen molar-refractivity contribution in [2.75, 3.05) is 11.9 Å². The van der Waals surface area contributed by atoms with Gasteiger partial charge in [0.1, 0.15) is 0 Å². The Morgan fingerprint density at radius 1 is 1.33 bits per heavy atom. The highest BCUT2D eigenvalue weighted by molar-refractivity contribution is 5.92. The third kappa shape index (κ3) is 6.10. The van der Waals surface area contributed by atoms with Gasteiger partial charge in [-0.15, -0.1) is 24.8 Å². The predicted molar refractivity (Wildman–Crippen MR) is 83.9 cm³/mol. The molecular formula is C12H22Cl2N4. The first kappa shape index (κ1) is 19.4. The van der Waals surface area contributed by atoms with Gasteiger partial charge in [-0.2, -0.15) is 0 Å². The van der Waals surface area contributed by atoms with E-state index in [1.807, 2.05) is 45.0 Å². The zero-order valence-corrected chi connectivity index (χ0v) is 12.6. The Bertz CT molecular complexity index is 386. The molecule has 0 saturated heterocycles. The predicted octanol–water partition coefficient (Wildman–Crippen LogP) is 2.47. The molecule has 0 aliphatic heterocycles. The van der Waals surface area contributed by atoms with E-state index >= 15 is 0 Å². The van der Waals surface area contributed by atoms with Crippen LogP contribution in [0.15, 0.2) is 29.3 Å². The lowest BCUT2D eigenvalue weighted by Crippen LogP contribution is -2.29. The molecule has 0 amide bonds. The summed E-state index contributed by atoms with van der Waals surface area (Å²) in [4.78, 5) is 4.06. The molecule has 104 valence electrons. The molecule has 1 rings (SSSR count). The zero-order chi connectivity index (χ0) is 12.2. The van der Waals surface area contributed by atoms with Crippen LogP contribution in [-0.4, -0.2) is 12.5 Å². The lowest BCUT2D eigenvalue weighted by atomic mass is 9.95. The zero-order valence-electron chi connectivity index (χ0n) is 10.9. The van der Waals surface area contributed by atoms with Crippen LogP contribution in [0.5, 0.6) is 0 Å². The summed E-state index contributed by atoms with van der Waals surface area (Å²) >= 11 is 0. The highest BCUT2D eigenvalue weighted by Crippen LogP contribution is 2.20. The van der Waals surface area contributed by atoms with E-state index in [-0.39, 0.29) is 30.4 Å². The van der Waals surface area contributed by atoms with Gasteiger partial charge in [0.05, 0.1) is 0 Å². The van der Waals surface area contributed by atoms with E-state index in [1.54, 1.807) is 0 Å². The smallest absolute Gasteiger partial charge is 0.193 e. The molecule has 0 spiro atoms. The molecule has 5 N–H and O–H groups in total. The summed E-state index contributed by atoms with van der Waals surface area (Å²) in [6.45, 7) is 6.54. The maximum atomic E-state index is 6.03. The fourth-order valence-corrected chi connectivity index (χ4v) is 1.36. The minimum absolute atomic E-state index is 0. The van der Waals surface area contributed by atoms with E-state index in [2.05, 4.69) is 10.3 Å². The maximum Gasteiger partial charge on any atom is 0.193 e. The molecule has 1 aromatic rings. The first-order chi connectivity index (χ1) is 7.43.